The zero-order chi connectivity index (χ0) is 20.4. The molecule has 0 aliphatic rings. The summed E-state index contributed by atoms with van der Waals surface area (Å²) in [4.78, 5) is 28.5. The Morgan fingerprint density at radius 2 is 1.66 bits per heavy atom. The number of carbonyl (C=O) groups is 1. The standard InChI is InChI=1S/C19H16FN7O2/c20-15-3-1-13(2-4-15)11-27-19(29)25(12-23-27)17-9-16(18(21)28)26(24-17)10-14-5-7-22-8-6-14/h1-9,12H,10-11H2,(H2,21,28). The van der Waals surface area contributed by atoms with Crippen molar-refractivity contribution in [3.63, 3.8) is 0 Å². The minimum absolute atomic E-state index is 0.162. The molecule has 4 rings (SSSR count). The summed E-state index contributed by atoms with van der Waals surface area (Å²) in [5.41, 5.74) is 6.78. The highest BCUT2D eigenvalue weighted by Gasteiger charge is 2.17. The third-order valence-electron chi connectivity index (χ3n) is 4.33. The molecule has 0 spiro atoms. The Bertz CT molecular complexity index is 1210. The van der Waals surface area contributed by atoms with Crippen LogP contribution in [0.3, 0.4) is 0 Å². The van der Waals surface area contributed by atoms with E-state index in [2.05, 4.69) is 15.2 Å². The molecule has 3 aromatic heterocycles. The summed E-state index contributed by atoms with van der Waals surface area (Å²) in [6, 6.07) is 10.8. The average molecular weight is 393 g/mol. The van der Waals surface area contributed by atoms with Gasteiger partial charge in [0.25, 0.3) is 5.91 Å². The van der Waals surface area contributed by atoms with E-state index in [4.69, 9.17) is 5.73 Å². The monoisotopic (exact) mass is 393 g/mol. The lowest BCUT2D eigenvalue weighted by atomic mass is 10.2. The first-order valence-corrected chi connectivity index (χ1v) is 8.67. The van der Waals surface area contributed by atoms with Crippen LogP contribution < -0.4 is 11.4 Å². The molecular formula is C19H16FN7O2. The number of hydrogen-bond acceptors (Lipinski definition) is 5. The Hall–Kier alpha value is -4.08. The Morgan fingerprint density at radius 3 is 2.34 bits per heavy atom. The maximum atomic E-state index is 13.1. The predicted molar refractivity (Wildman–Crippen MR) is 101 cm³/mol. The topological polar surface area (TPSA) is 114 Å². The Balaban J connectivity index is 1.65. The molecule has 0 aliphatic carbocycles. The molecule has 1 aromatic carbocycles. The van der Waals surface area contributed by atoms with E-state index < -0.39 is 11.6 Å². The van der Waals surface area contributed by atoms with E-state index in [1.54, 1.807) is 36.7 Å². The number of primary amides is 1. The molecular weight excluding hydrogens is 377 g/mol. The van der Waals surface area contributed by atoms with Gasteiger partial charge in [0.1, 0.15) is 17.8 Å². The van der Waals surface area contributed by atoms with E-state index in [1.165, 1.54) is 38.5 Å². The van der Waals surface area contributed by atoms with Gasteiger partial charge in [0.05, 0.1) is 13.1 Å². The van der Waals surface area contributed by atoms with Gasteiger partial charge in [-0.05, 0) is 35.4 Å². The summed E-state index contributed by atoms with van der Waals surface area (Å²) in [6.45, 7) is 0.464. The normalized spacial score (nSPS) is 10.9. The maximum absolute atomic E-state index is 13.1. The second-order valence-electron chi connectivity index (χ2n) is 6.33. The smallest absolute Gasteiger partial charge is 0.351 e. The van der Waals surface area contributed by atoms with Crippen molar-refractivity contribution in [1.82, 2.24) is 29.1 Å². The van der Waals surface area contributed by atoms with Crippen LogP contribution in [0.5, 0.6) is 0 Å². The van der Waals surface area contributed by atoms with E-state index in [9.17, 15) is 14.0 Å². The fourth-order valence-corrected chi connectivity index (χ4v) is 2.87. The predicted octanol–water partition coefficient (Wildman–Crippen LogP) is 0.960. The van der Waals surface area contributed by atoms with Crippen molar-refractivity contribution in [3.05, 3.63) is 94.3 Å². The van der Waals surface area contributed by atoms with Crippen LogP contribution >= 0.6 is 0 Å². The largest absolute Gasteiger partial charge is 0.364 e. The molecule has 0 fully saturated rings. The second-order valence-corrected chi connectivity index (χ2v) is 6.33. The number of nitrogens with zero attached hydrogens (tertiary/aromatic N) is 6. The lowest BCUT2D eigenvalue weighted by Crippen LogP contribution is -2.24. The Labute approximate surface area is 163 Å². The molecule has 146 valence electrons. The molecule has 0 bridgehead atoms. The van der Waals surface area contributed by atoms with Crippen LogP contribution in [0.15, 0.2) is 66.0 Å². The first-order valence-electron chi connectivity index (χ1n) is 8.67. The SMILES string of the molecule is NC(=O)c1cc(-n2cnn(Cc3ccc(F)cc3)c2=O)nn1Cc1ccncc1. The van der Waals surface area contributed by atoms with Crippen molar-refractivity contribution in [2.75, 3.05) is 0 Å². The number of rotatable bonds is 6. The van der Waals surface area contributed by atoms with Crippen molar-refractivity contribution in [2.24, 2.45) is 5.73 Å². The Kier molecular flexibility index (Phi) is 4.73. The molecule has 0 saturated heterocycles. The summed E-state index contributed by atoms with van der Waals surface area (Å²) < 4.78 is 16.9. The minimum Gasteiger partial charge on any atom is -0.364 e. The highest BCUT2D eigenvalue weighted by Crippen LogP contribution is 2.11. The second kappa shape index (κ2) is 7.50. The van der Waals surface area contributed by atoms with Gasteiger partial charge in [-0.15, -0.1) is 0 Å². The maximum Gasteiger partial charge on any atom is 0.351 e. The van der Waals surface area contributed by atoms with Gasteiger partial charge in [-0.2, -0.15) is 10.2 Å². The van der Waals surface area contributed by atoms with E-state index in [1.807, 2.05) is 0 Å². The molecule has 1 amide bonds. The van der Waals surface area contributed by atoms with Gasteiger partial charge in [0.15, 0.2) is 5.82 Å². The van der Waals surface area contributed by atoms with Crippen molar-refractivity contribution in [2.45, 2.75) is 13.1 Å². The molecule has 9 nitrogen and oxygen atoms in total. The fraction of sp³-hybridized carbons (Fsp3) is 0.105. The first kappa shape index (κ1) is 18.3. The van der Waals surface area contributed by atoms with Gasteiger partial charge in [-0.3, -0.25) is 14.5 Å². The molecule has 4 aromatic rings. The third-order valence-corrected chi connectivity index (χ3v) is 4.33. The summed E-state index contributed by atoms with van der Waals surface area (Å²) in [5, 5.41) is 8.42. The zero-order valence-electron chi connectivity index (χ0n) is 15.1. The molecule has 2 N–H and O–H groups in total. The number of halogens is 1. The van der Waals surface area contributed by atoms with Crippen LogP contribution in [-0.2, 0) is 13.1 Å². The van der Waals surface area contributed by atoms with Crippen LogP contribution in [0.2, 0.25) is 0 Å². The van der Waals surface area contributed by atoms with Crippen molar-refractivity contribution < 1.29 is 9.18 Å². The number of nitrogens with two attached hydrogens (primary N) is 1. The van der Waals surface area contributed by atoms with Gasteiger partial charge in [-0.25, -0.2) is 18.4 Å². The molecule has 10 heteroatoms. The number of carbonyl (C=O) groups excluding carboxylic acids is 1. The minimum atomic E-state index is -0.662. The number of aromatic nitrogens is 6. The first-order chi connectivity index (χ1) is 14.0. The van der Waals surface area contributed by atoms with Crippen LogP contribution in [-0.4, -0.2) is 35.0 Å². The van der Waals surface area contributed by atoms with Crippen LogP contribution in [0.4, 0.5) is 4.39 Å². The molecule has 0 radical (unpaired) electrons. The van der Waals surface area contributed by atoms with Gasteiger partial charge in [0.2, 0.25) is 0 Å². The molecule has 0 unspecified atom stereocenters. The quantitative estimate of drug-likeness (QED) is 0.524. The highest BCUT2D eigenvalue weighted by molar-refractivity contribution is 5.91. The number of pyridine rings is 1. The molecule has 0 atom stereocenters. The lowest BCUT2D eigenvalue weighted by Gasteiger charge is -2.04. The van der Waals surface area contributed by atoms with E-state index in [0.29, 0.717) is 6.54 Å². The van der Waals surface area contributed by atoms with Gasteiger partial charge in [0, 0.05) is 18.5 Å². The van der Waals surface area contributed by atoms with E-state index >= 15 is 0 Å². The average Bonchev–Trinajstić information content (AvgIpc) is 3.28. The summed E-state index contributed by atoms with van der Waals surface area (Å²) in [6.07, 6.45) is 4.58. The molecule has 0 saturated carbocycles. The van der Waals surface area contributed by atoms with E-state index in [0.717, 1.165) is 11.1 Å². The third kappa shape index (κ3) is 3.81. The summed E-state index contributed by atoms with van der Waals surface area (Å²) in [7, 11) is 0. The molecule has 29 heavy (non-hydrogen) atoms. The lowest BCUT2D eigenvalue weighted by molar-refractivity contribution is 0.0990. The van der Waals surface area contributed by atoms with E-state index in [-0.39, 0.29) is 23.9 Å². The number of benzene rings is 1. The highest BCUT2D eigenvalue weighted by atomic mass is 19.1. The zero-order valence-corrected chi connectivity index (χ0v) is 15.1. The van der Waals surface area contributed by atoms with Crippen LogP contribution in [0.25, 0.3) is 5.82 Å². The number of amides is 1. The van der Waals surface area contributed by atoms with Crippen molar-refractivity contribution >= 4 is 5.91 Å². The number of hydrogen-bond donors (Lipinski definition) is 1. The summed E-state index contributed by atoms with van der Waals surface area (Å²) >= 11 is 0. The van der Waals surface area contributed by atoms with Crippen molar-refractivity contribution in [1.29, 1.82) is 0 Å². The Morgan fingerprint density at radius 1 is 1.00 bits per heavy atom. The fourth-order valence-electron chi connectivity index (χ4n) is 2.87. The molecule has 3 heterocycles. The summed E-state index contributed by atoms with van der Waals surface area (Å²) in [5.74, 6) is -0.793. The van der Waals surface area contributed by atoms with Crippen LogP contribution in [0, 0.1) is 5.82 Å². The molecule has 0 aliphatic heterocycles. The van der Waals surface area contributed by atoms with Gasteiger partial charge in [-0.1, -0.05) is 12.1 Å². The van der Waals surface area contributed by atoms with Crippen molar-refractivity contribution in [3.8, 4) is 5.82 Å². The van der Waals surface area contributed by atoms with Crippen LogP contribution in [0.1, 0.15) is 21.6 Å². The van der Waals surface area contributed by atoms with Gasteiger partial charge >= 0.3 is 5.69 Å². The van der Waals surface area contributed by atoms with Gasteiger partial charge < -0.3 is 5.73 Å².